The highest BCUT2D eigenvalue weighted by Gasteiger charge is 2.26. The maximum absolute atomic E-state index is 5.60. The second-order valence-electron chi connectivity index (χ2n) is 18.6. The summed E-state index contributed by atoms with van der Waals surface area (Å²) < 4.78 is 0. The van der Waals surface area contributed by atoms with Crippen LogP contribution in [0.15, 0.2) is 127 Å². The van der Waals surface area contributed by atoms with Gasteiger partial charge in [-0.3, -0.25) is 0 Å². The Hall–Kier alpha value is -5.80. The molecular weight excluding hydrogens is 667 g/mol. The molecule has 1 N–H and O–H groups in total. The number of fused-ring (bicyclic) bond motifs is 11. The lowest BCUT2D eigenvalue weighted by Crippen LogP contribution is -2.13. The van der Waals surface area contributed by atoms with Crippen LogP contribution in [0, 0.1) is 0 Å². The van der Waals surface area contributed by atoms with E-state index in [2.05, 4.69) is 195 Å². The summed E-state index contributed by atoms with van der Waals surface area (Å²) >= 11 is 0. The van der Waals surface area contributed by atoms with Crippen LogP contribution in [0.2, 0.25) is 0 Å². The van der Waals surface area contributed by atoms with Gasteiger partial charge in [-0.2, -0.15) is 0 Å². The summed E-state index contributed by atoms with van der Waals surface area (Å²) in [5, 5.41) is 2.43. The predicted molar refractivity (Wildman–Crippen MR) is 234 cm³/mol. The minimum atomic E-state index is -0.103. The molecule has 3 heteroatoms. The fourth-order valence-corrected chi connectivity index (χ4v) is 7.96. The van der Waals surface area contributed by atoms with Gasteiger partial charge in [0.05, 0.1) is 33.8 Å². The van der Waals surface area contributed by atoms with Crippen LogP contribution >= 0.6 is 0 Å². The van der Waals surface area contributed by atoms with Crippen molar-refractivity contribution in [1.29, 1.82) is 0 Å². The molecule has 0 radical (unpaired) electrons. The molecule has 0 atom stereocenters. The zero-order valence-corrected chi connectivity index (χ0v) is 33.5. The Morgan fingerprint density at radius 3 is 1.18 bits per heavy atom. The van der Waals surface area contributed by atoms with E-state index >= 15 is 0 Å². The smallest absolute Gasteiger partial charge is 0.0736 e. The Kier molecular flexibility index (Phi) is 7.85. The summed E-state index contributed by atoms with van der Waals surface area (Å²) in [4.78, 5) is 15.2. The molecule has 0 saturated carbocycles. The van der Waals surface area contributed by atoms with Gasteiger partial charge in [0.1, 0.15) is 0 Å². The van der Waals surface area contributed by atoms with Crippen LogP contribution < -0.4 is 0 Å². The molecule has 0 spiro atoms. The maximum atomic E-state index is 5.60. The highest BCUT2D eigenvalue weighted by Crippen LogP contribution is 2.45. The third-order valence-electron chi connectivity index (χ3n) is 11.4. The van der Waals surface area contributed by atoms with Crippen molar-refractivity contribution in [3.8, 4) is 67.3 Å². The van der Waals surface area contributed by atoms with E-state index in [4.69, 9.17) is 9.97 Å². The first-order chi connectivity index (χ1) is 26.1. The van der Waals surface area contributed by atoms with Crippen molar-refractivity contribution < 1.29 is 0 Å². The molecule has 8 aromatic rings. The number of nitrogens with one attached hydrogen (secondary N) is 1. The van der Waals surface area contributed by atoms with Gasteiger partial charge in [0, 0.05) is 33.0 Å². The van der Waals surface area contributed by atoms with Crippen LogP contribution in [-0.2, 0) is 16.2 Å². The van der Waals surface area contributed by atoms with Gasteiger partial charge in [0.15, 0.2) is 0 Å². The van der Waals surface area contributed by atoms with Gasteiger partial charge in [0.25, 0.3) is 0 Å². The predicted octanol–water partition coefficient (Wildman–Crippen LogP) is 14.3. The normalized spacial score (nSPS) is 12.8. The summed E-state index contributed by atoms with van der Waals surface area (Å²) in [6.45, 7) is 20.7. The standard InChI is InChI=1S/C52H49N3/c1-50(2,3)37-25-40-41-26-38(51(4,5)6)28-43-47-30-39(52(7,8)9)29-45(54-47)36-21-33(31-16-12-10-13-17-31)20-35(22-36)44-23-34(32-18-14-11-15-19-32)24-46(53-44)42(27-37)48(40)55-49(41)43/h10-30,55H,1-9H3. The van der Waals surface area contributed by atoms with Gasteiger partial charge in [0.2, 0.25) is 0 Å². The molecule has 1 aliphatic heterocycles. The van der Waals surface area contributed by atoms with E-state index in [0.717, 1.165) is 78.3 Å². The van der Waals surface area contributed by atoms with Crippen molar-refractivity contribution in [2.75, 3.05) is 0 Å². The number of pyridine rings is 2. The first-order valence-corrected chi connectivity index (χ1v) is 19.6. The maximum Gasteiger partial charge on any atom is 0.0736 e. The third-order valence-corrected chi connectivity index (χ3v) is 11.4. The van der Waals surface area contributed by atoms with E-state index in [1.54, 1.807) is 0 Å². The highest BCUT2D eigenvalue weighted by molar-refractivity contribution is 6.16. The zero-order valence-electron chi connectivity index (χ0n) is 33.5. The van der Waals surface area contributed by atoms with E-state index in [1.165, 1.54) is 27.5 Å². The molecule has 5 aromatic carbocycles. The second-order valence-corrected chi connectivity index (χ2v) is 18.6. The van der Waals surface area contributed by atoms with Crippen molar-refractivity contribution in [3.63, 3.8) is 0 Å². The molecule has 0 fully saturated rings. The largest absolute Gasteiger partial charge is 0.353 e. The Labute approximate surface area is 325 Å². The quantitative estimate of drug-likeness (QED) is 0.194. The average molecular weight is 716 g/mol. The molecule has 55 heavy (non-hydrogen) atoms. The van der Waals surface area contributed by atoms with Gasteiger partial charge in [-0.25, -0.2) is 9.97 Å². The summed E-state index contributed by atoms with van der Waals surface area (Å²) in [6, 6.07) is 47.0. The van der Waals surface area contributed by atoms with Gasteiger partial charge < -0.3 is 4.98 Å². The number of nitrogens with zero attached hydrogens (tertiary/aromatic N) is 2. The number of benzene rings is 5. The van der Waals surface area contributed by atoms with Crippen LogP contribution in [0.25, 0.3) is 89.1 Å². The summed E-state index contributed by atoms with van der Waals surface area (Å²) in [7, 11) is 0. The van der Waals surface area contributed by atoms with Crippen molar-refractivity contribution in [1.82, 2.24) is 15.0 Å². The number of rotatable bonds is 2. The average Bonchev–Trinajstić information content (AvgIpc) is 3.55. The van der Waals surface area contributed by atoms with Crippen LogP contribution in [0.4, 0.5) is 0 Å². The van der Waals surface area contributed by atoms with Crippen molar-refractivity contribution >= 4 is 21.8 Å². The number of aromatic amines is 1. The molecule has 0 saturated heterocycles. The first kappa shape index (κ1) is 34.9. The second kappa shape index (κ2) is 12.4. The SMILES string of the molecule is CC(C)(C)c1cc2nc(c1)-c1cc(C(C)(C)C)cc3c1[nH]c1c(cc(C(C)(C)C)cc13)-c1cc(-c3ccccc3)cc(n1)-c1cc(-c3ccccc3)cc-2c1. The topological polar surface area (TPSA) is 41.6 Å². The molecule has 9 rings (SSSR count). The van der Waals surface area contributed by atoms with Crippen LogP contribution in [0.1, 0.15) is 79.0 Å². The Balaban J connectivity index is 1.51. The van der Waals surface area contributed by atoms with E-state index in [-0.39, 0.29) is 16.2 Å². The monoisotopic (exact) mass is 715 g/mol. The van der Waals surface area contributed by atoms with Crippen molar-refractivity contribution in [2.45, 2.75) is 78.6 Å². The molecule has 1 aliphatic rings. The van der Waals surface area contributed by atoms with E-state index in [9.17, 15) is 0 Å². The number of H-pyrrole nitrogens is 1. The first-order valence-electron chi connectivity index (χ1n) is 19.6. The zero-order chi connectivity index (χ0) is 38.4. The summed E-state index contributed by atoms with van der Waals surface area (Å²) in [6.07, 6.45) is 0. The molecule has 3 nitrogen and oxygen atoms in total. The molecule has 0 unspecified atom stereocenters. The van der Waals surface area contributed by atoms with Crippen LogP contribution in [0.5, 0.6) is 0 Å². The Morgan fingerprint density at radius 1 is 0.345 bits per heavy atom. The molecule has 272 valence electrons. The van der Waals surface area contributed by atoms with Crippen LogP contribution in [-0.4, -0.2) is 15.0 Å². The lowest BCUT2D eigenvalue weighted by Gasteiger charge is -2.23. The van der Waals surface area contributed by atoms with E-state index in [1.807, 2.05) is 0 Å². The van der Waals surface area contributed by atoms with Gasteiger partial charge >= 0.3 is 0 Å². The van der Waals surface area contributed by atoms with E-state index < -0.39 is 0 Å². The third kappa shape index (κ3) is 6.26. The molecule has 4 heterocycles. The lowest BCUT2D eigenvalue weighted by molar-refractivity contribution is 0.589. The molecule has 0 amide bonds. The summed E-state index contributed by atoms with van der Waals surface area (Å²) in [5.74, 6) is 0. The minimum absolute atomic E-state index is 0.0796. The fourth-order valence-electron chi connectivity index (χ4n) is 7.96. The molecule has 3 aromatic heterocycles. The number of hydrogen-bond acceptors (Lipinski definition) is 2. The summed E-state index contributed by atoms with van der Waals surface area (Å²) in [5.41, 5.74) is 18.5. The number of aromatic nitrogens is 3. The van der Waals surface area contributed by atoms with Gasteiger partial charge in [-0.05, 0) is 122 Å². The van der Waals surface area contributed by atoms with Crippen molar-refractivity contribution in [3.05, 3.63) is 144 Å². The van der Waals surface area contributed by atoms with Gasteiger partial charge in [-0.1, -0.05) is 123 Å². The molecular formula is C52H49N3. The number of hydrogen-bond donors (Lipinski definition) is 1. The minimum Gasteiger partial charge on any atom is -0.353 e. The Bertz CT molecular complexity index is 2780. The van der Waals surface area contributed by atoms with Crippen molar-refractivity contribution in [2.24, 2.45) is 0 Å². The highest BCUT2D eigenvalue weighted by atomic mass is 14.8. The molecule has 8 bridgehead atoms. The van der Waals surface area contributed by atoms with E-state index in [0.29, 0.717) is 0 Å². The fraction of sp³-hybridized carbons (Fsp3) is 0.231. The van der Waals surface area contributed by atoms with Crippen LogP contribution in [0.3, 0.4) is 0 Å². The Morgan fingerprint density at radius 2 is 0.709 bits per heavy atom. The lowest BCUT2D eigenvalue weighted by atomic mass is 9.82. The molecule has 0 aliphatic carbocycles. The van der Waals surface area contributed by atoms with Gasteiger partial charge in [-0.15, -0.1) is 0 Å².